The van der Waals surface area contributed by atoms with Crippen molar-refractivity contribution in [3.8, 4) is 5.75 Å². The smallest absolute Gasteiger partial charge is 0.306 e. The van der Waals surface area contributed by atoms with Crippen LogP contribution in [-0.4, -0.2) is 53.3 Å². The van der Waals surface area contributed by atoms with Crippen molar-refractivity contribution in [2.24, 2.45) is 0 Å². The second-order valence-corrected chi connectivity index (χ2v) is 12.2. The molecule has 0 radical (unpaired) electrons. The summed E-state index contributed by atoms with van der Waals surface area (Å²) in [6.45, 7) is -0.353. The van der Waals surface area contributed by atoms with Gasteiger partial charge in [0.15, 0.2) is 0 Å². The van der Waals surface area contributed by atoms with Gasteiger partial charge in [0.05, 0.1) is 24.5 Å². The molecule has 1 aromatic carbocycles. The van der Waals surface area contributed by atoms with Gasteiger partial charge in [-0.25, -0.2) is 26.9 Å². The van der Waals surface area contributed by atoms with Crippen LogP contribution in [0.3, 0.4) is 0 Å². The molecule has 1 unspecified atom stereocenters. The van der Waals surface area contributed by atoms with Crippen LogP contribution in [0.15, 0.2) is 23.6 Å². The average molecular weight is 637 g/mol. The van der Waals surface area contributed by atoms with Gasteiger partial charge in [-0.1, -0.05) is 0 Å². The zero-order valence-electron chi connectivity index (χ0n) is 22.0. The predicted octanol–water partition coefficient (Wildman–Crippen LogP) is 4.84. The summed E-state index contributed by atoms with van der Waals surface area (Å²) in [6, 6.07) is 2.91. The van der Waals surface area contributed by atoms with Crippen LogP contribution >= 0.6 is 11.3 Å². The third-order valence-electron chi connectivity index (χ3n) is 6.87. The fourth-order valence-corrected chi connectivity index (χ4v) is 6.27. The van der Waals surface area contributed by atoms with E-state index in [1.807, 2.05) is 0 Å². The van der Waals surface area contributed by atoms with Crippen LogP contribution < -0.4 is 4.18 Å². The summed E-state index contributed by atoms with van der Waals surface area (Å²) < 4.78 is 107. The molecule has 0 bridgehead atoms. The van der Waals surface area contributed by atoms with E-state index in [2.05, 4.69) is 10.1 Å². The van der Waals surface area contributed by atoms with E-state index in [1.54, 1.807) is 5.38 Å². The van der Waals surface area contributed by atoms with Gasteiger partial charge in [-0.3, -0.25) is 9.48 Å². The minimum Gasteiger partial charge on any atom is -0.382 e. The van der Waals surface area contributed by atoms with E-state index >= 15 is 0 Å². The second-order valence-electron chi connectivity index (χ2n) is 9.76. The molecule has 1 fully saturated rings. The topological polar surface area (TPSA) is 113 Å². The molecule has 10 nitrogen and oxygen atoms in total. The predicted molar refractivity (Wildman–Crippen MR) is 137 cm³/mol. The van der Waals surface area contributed by atoms with Gasteiger partial charge in [0.25, 0.3) is 12.9 Å². The number of ether oxygens (including phenoxy) is 2. The lowest BCUT2D eigenvalue weighted by Crippen LogP contribution is -2.40. The molecule has 228 valence electrons. The Hall–Kier alpha value is -3.15. The van der Waals surface area contributed by atoms with Gasteiger partial charge < -0.3 is 18.6 Å². The van der Waals surface area contributed by atoms with Crippen molar-refractivity contribution in [1.82, 2.24) is 19.7 Å². The Labute approximate surface area is 241 Å². The summed E-state index contributed by atoms with van der Waals surface area (Å²) in [5.74, 6) is -1.17. The maximum Gasteiger partial charge on any atom is 0.306 e. The molecule has 2 aliphatic heterocycles. The molecule has 1 amide bonds. The Morgan fingerprint density at radius 2 is 1.81 bits per heavy atom. The summed E-state index contributed by atoms with van der Waals surface area (Å²) in [5.41, 5.74) is -0.768. The Bertz CT molecular complexity index is 1560. The highest BCUT2D eigenvalue weighted by molar-refractivity contribution is 7.86. The second kappa shape index (κ2) is 12.2. The van der Waals surface area contributed by atoms with Gasteiger partial charge in [-0.15, -0.1) is 11.3 Å². The van der Waals surface area contributed by atoms with Gasteiger partial charge in [0.2, 0.25) is 12.2 Å². The molecule has 42 heavy (non-hydrogen) atoms. The fourth-order valence-electron chi connectivity index (χ4n) is 4.80. The first-order valence-electron chi connectivity index (χ1n) is 12.7. The van der Waals surface area contributed by atoms with Crippen LogP contribution in [0.1, 0.15) is 71.1 Å². The first-order valence-corrected chi connectivity index (χ1v) is 15.4. The number of carbonyl (C=O) groups excluding carboxylic acids is 1. The highest BCUT2D eigenvalue weighted by Crippen LogP contribution is 2.37. The summed E-state index contributed by atoms with van der Waals surface area (Å²) >= 11 is 1.36. The Kier molecular flexibility index (Phi) is 8.82. The van der Waals surface area contributed by atoms with E-state index in [9.17, 15) is 35.2 Å². The number of hydrogen-bond donors (Lipinski definition) is 0. The number of hydrogen-bond acceptors (Lipinski definition) is 9. The van der Waals surface area contributed by atoms with E-state index < -0.39 is 58.9 Å². The summed E-state index contributed by atoms with van der Waals surface area (Å²) in [5, 5.41) is 5.97. The molecule has 2 aliphatic rings. The number of benzene rings is 1. The zero-order chi connectivity index (χ0) is 30.2. The maximum atomic E-state index is 14.5. The number of aromatic nitrogens is 3. The van der Waals surface area contributed by atoms with Crippen molar-refractivity contribution in [3.05, 3.63) is 62.6 Å². The van der Waals surface area contributed by atoms with E-state index in [4.69, 9.17) is 13.7 Å². The first-order chi connectivity index (χ1) is 19.9. The van der Waals surface area contributed by atoms with Gasteiger partial charge in [0.1, 0.15) is 35.2 Å². The number of amides is 1. The number of rotatable bonds is 8. The third-order valence-corrected chi connectivity index (χ3v) is 8.38. The molecule has 17 heteroatoms. The third kappa shape index (κ3) is 6.74. The molecule has 0 spiro atoms. The lowest BCUT2D eigenvalue weighted by Gasteiger charge is -2.31. The van der Waals surface area contributed by atoms with Crippen LogP contribution in [-0.2, 0) is 44.1 Å². The Balaban J connectivity index is 1.20. The monoisotopic (exact) mass is 636 g/mol. The number of carbonyl (C=O) groups is 1. The number of halogens is 5. The molecular formula is C25H25F5N4O6S2. The van der Waals surface area contributed by atoms with Gasteiger partial charge in [-0.05, 0) is 31.0 Å². The van der Waals surface area contributed by atoms with Crippen molar-refractivity contribution in [2.45, 2.75) is 57.7 Å². The van der Waals surface area contributed by atoms with Crippen molar-refractivity contribution in [2.75, 3.05) is 19.3 Å². The van der Waals surface area contributed by atoms with Crippen molar-refractivity contribution in [3.63, 3.8) is 0 Å². The van der Waals surface area contributed by atoms with Crippen LogP contribution in [0, 0.1) is 5.82 Å². The molecule has 1 atom stereocenters. The summed E-state index contributed by atoms with van der Waals surface area (Å²) in [4.78, 5) is 18.8. The van der Waals surface area contributed by atoms with E-state index in [-0.39, 0.29) is 36.0 Å². The molecule has 2 aromatic heterocycles. The Morgan fingerprint density at radius 3 is 2.45 bits per heavy atom. The Morgan fingerprint density at radius 1 is 1.12 bits per heavy atom. The lowest BCUT2D eigenvalue weighted by atomic mass is 9.97. The molecule has 0 saturated carbocycles. The van der Waals surface area contributed by atoms with Crippen molar-refractivity contribution in [1.29, 1.82) is 0 Å². The fraction of sp³-hybridized carbons (Fsp3) is 0.480. The largest absolute Gasteiger partial charge is 0.382 e. The molecule has 4 heterocycles. The summed E-state index contributed by atoms with van der Waals surface area (Å²) in [6.07, 6.45) is -5.11. The summed E-state index contributed by atoms with van der Waals surface area (Å²) in [7, 11) is -3.86. The van der Waals surface area contributed by atoms with E-state index in [0.717, 1.165) is 17.3 Å². The minimum atomic E-state index is -3.86. The highest BCUT2D eigenvalue weighted by atomic mass is 32.2. The first kappa shape index (κ1) is 30.3. The van der Waals surface area contributed by atoms with Gasteiger partial charge in [-0.2, -0.15) is 13.5 Å². The number of piperidine rings is 1. The van der Waals surface area contributed by atoms with Crippen LogP contribution in [0.5, 0.6) is 5.75 Å². The van der Waals surface area contributed by atoms with Gasteiger partial charge in [0, 0.05) is 35.5 Å². The van der Waals surface area contributed by atoms with E-state index in [1.165, 1.54) is 22.3 Å². The van der Waals surface area contributed by atoms with Crippen LogP contribution in [0.4, 0.5) is 22.0 Å². The lowest BCUT2D eigenvalue weighted by molar-refractivity contribution is -0.155. The maximum absolute atomic E-state index is 14.5. The minimum absolute atomic E-state index is 0.0188. The molecule has 1 saturated heterocycles. The standard InChI is InChI=1S/C25H25F5N4O6S2/c1-42(36,37)40-20-3-2-16(26)14-10-38-25(39-11-15(14)20)18-12-41-24(31-18)13-4-6-33(7-5-13)21(35)9-34-19(23(29)30)8-17(32-34)22(27)28/h2-3,8,12-13,22-23,25H,4-7,9-11H2,1H3. The molecule has 3 aromatic rings. The number of nitrogens with zero attached hydrogens (tertiary/aromatic N) is 4. The zero-order valence-corrected chi connectivity index (χ0v) is 23.6. The quantitative estimate of drug-likeness (QED) is 0.255. The molecular weight excluding hydrogens is 611 g/mol. The van der Waals surface area contributed by atoms with Gasteiger partial charge >= 0.3 is 10.1 Å². The number of likely N-dealkylation sites (tertiary alicyclic amines) is 1. The number of alkyl halides is 4. The SMILES string of the molecule is CS(=O)(=O)Oc1ccc(F)c2c1COC(c1csc(C3CCN(C(=O)Cn4nc(C(F)F)cc4C(F)F)CC3)n1)OC2. The van der Waals surface area contributed by atoms with E-state index in [0.29, 0.717) is 42.4 Å². The number of thiazole rings is 1. The molecule has 0 aliphatic carbocycles. The van der Waals surface area contributed by atoms with Crippen LogP contribution in [0.2, 0.25) is 0 Å². The molecule has 0 N–H and O–H groups in total. The highest BCUT2D eigenvalue weighted by Gasteiger charge is 2.30. The van der Waals surface area contributed by atoms with Crippen LogP contribution in [0.25, 0.3) is 0 Å². The number of fused-ring (bicyclic) bond motifs is 1. The van der Waals surface area contributed by atoms with Crippen molar-refractivity contribution >= 4 is 27.4 Å². The molecule has 5 rings (SSSR count). The normalized spacial score (nSPS) is 18.4. The average Bonchev–Trinajstić information content (AvgIpc) is 3.52. The van der Waals surface area contributed by atoms with Crippen molar-refractivity contribution < 1.29 is 48.8 Å².